The summed E-state index contributed by atoms with van der Waals surface area (Å²) < 4.78 is 129. The van der Waals surface area contributed by atoms with Crippen LogP contribution in [0, 0.1) is 59.3 Å². The molecule has 5 aromatic carbocycles. The zero-order valence-corrected chi connectivity index (χ0v) is 55.8. The van der Waals surface area contributed by atoms with Gasteiger partial charge in [-0.2, -0.15) is 15.3 Å². The number of rotatable bonds is 6. The molecule has 0 saturated carbocycles. The number of hydrogen-bond acceptors (Lipinski definition) is 12. The van der Waals surface area contributed by atoms with E-state index < -0.39 is 52.4 Å². The molecule has 0 unspecified atom stereocenters. The van der Waals surface area contributed by atoms with Crippen LogP contribution in [0.2, 0.25) is 0 Å². The van der Waals surface area contributed by atoms with E-state index in [1.165, 1.54) is 0 Å². The maximum Gasteiger partial charge on any atom is 0.256 e. The Hall–Kier alpha value is -11.3. The third-order valence-electron chi connectivity index (χ3n) is 20.8. The number of amides is 3. The second kappa shape index (κ2) is 26.0. The van der Waals surface area contributed by atoms with Crippen LogP contribution in [-0.4, -0.2) is 110 Å². The van der Waals surface area contributed by atoms with Crippen LogP contribution in [0.5, 0.6) is 0 Å². The van der Waals surface area contributed by atoms with E-state index in [1.54, 1.807) is 109 Å². The molecule has 0 N–H and O–H groups in total. The SMILES string of the molecule is Cc1cnc2cc(C(=O)N3[C@@H]4CCC[C@@H]3c3nn(C)c(-c5cc(F)c(F)c(F)c5)c3C4)ccc2n1.Cn1nc2c(c1-c1cc(F)c(F)c(F)c1)C[C@H]1CCC[C@H]2N1C(=O)c1ccc2nccnc2c1.Cn1nc2c(c1-c1cc(F)c(F)c(F)c1)C[C@H]1CCC[C@H]2N1C(=O)c1cnc2cccnc2c1. The molecule has 0 aliphatic carbocycles. The number of piperidine rings is 3. The van der Waals surface area contributed by atoms with E-state index in [4.69, 9.17) is 0 Å². The average Bonchev–Trinajstić information content (AvgIpc) is 1.66. The van der Waals surface area contributed by atoms with Gasteiger partial charge in [-0.1, -0.05) is 0 Å². The van der Waals surface area contributed by atoms with E-state index in [1.807, 2.05) is 33.8 Å². The maximum atomic E-state index is 14.0. The minimum Gasteiger partial charge on any atom is -0.327 e. The number of carbonyl (C=O) groups excluding carboxylic acids is 3. The van der Waals surface area contributed by atoms with Crippen LogP contribution in [0.3, 0.4) is 0 Å². The average molecular weight is 1400 g/mol. The molecule has 6 aliphatic heterocycles. The lowest BCUT2D eigenvalue weighted by Gasteiger charge is -2.45. The Morgan fingerprint density at radius 3 is 1.14 bits per heavy atom. The largest absolute Gasteiger partial charge is 0.327 e. The lowest BCUT2D eigenvalue weighted by Crippen LogP contribution is -2.49. The van der Waals surface area contributed by atoms with Gasteiger partial charge < -0.3 is 14.7 Å². The lowest BCUT2D eigenvalue weighted by atomic mass is 9.81. The first-order valence-electron chi connectivity index (χ1n) is 33.9. The highest BCUT2D eigenvalue weighted by molar-refractivity contribution is 6.00. The Labute approximate surface area is 581 Å². The monoisotopic (exact) mass is 1400 g/mol. The zero-order chi connectivity index (χ0) is 71.5. The highest BCUT2D eigenvalue weighted by Gasteiger charge is 2.47. The number of aryl methyl sites for hydroxylation is 4. The second-order valence-corrected chi connectivity index (χ2v) is 27.1. The Balaban J connectivity index is 0.000000119. The molecule has 6 bridgehead atoms. The van der Waals surface area contributed by atoms with Gasteiger partial charge in [-0.25, -0.2) is 44.5 Å². The second-order valence-electron chi connectivity index (χ2n) is 27.1. The van der Waals surface area contributed by atoms with Crippen molar-refractivity contribution >= 4 is 50.8 Å². The normalized spacial score (nSPS) is 19.3. The molecule has 6 atom stereocenters. The Morgan fingerprint density at radius 1 is 0.379 bits per heavy atom. The van der Waals surface area contributed by atoms with Crippen LogP contribution in [-0.2, 0) is 40.4 Å². The molecule has 522 valence electrons. The third-order valence-corrected chi connectivity index (χ3v) is 20.8. The molecule has 3 saturated heterocycles. The molecular weight excluding hydrogens is 1340 g/mol. The molecule has 18 nitrogen and oxygen atoms in total. The standard InChI is InChI=1S/C26H22F3N5O.2C25H20F3N5O/c1-13-12-30-21-10-14(6-7-20(21)31-13)26(35)34-16-4-3-5-22(34)24-17(11-16)25(33(2)32-24)15-8-18(27)23(29)19(28)9-15;1-32-24(13-8-17(26)22(28)18(27)9-13)16-11-15-4-2-6-21(23(16)31-32)33(15)25(34)14-10-20-19(30-12-14)5-3-7-29-20;1-32-24(14-9-17(26)22(28)18(27)10-14)16-12-15-3-2-4-21(23(16)31-32)33(15)25(34)13-5-6-19-20(11-13)30-8-7-29-19/h6-10,12,16,22H,3-5,11H2,1-2H3;3,5,7-10,12,15,21H,2,4,6,11H2,1H3;5-11,15,21H,2-4,12H2,1H3/t16-,22-;2*15-,21-/m111/s1. The van der Waals surface area contributed by atoms with E-state index in [0.29, 0.717) is 80.6 Å². The van der Waals surface area contributed by atoms with Gasteiger partial charge >= 0.3 is 0 Å². The Bertz CT molecular complexity index is 5220. The summed E-state index contributed by atoms with van der Waals surface area (Å²) in [6.45, 7) is 1.87. The topological polar surface area (TPSA) is 192 Å². The lowest BCUT2D eigenvalue weighted by molar-refractivity contribution is 0.0385. The molecule has 103 heavy (non-hydrogen) atoms. The third kappa shape index (κ3) is 11.6. The fourth-order valence-corrected chi connectivity index (χ4v) is 16.5. The molecule has 3 fully saturated rings. The van der Waals surface area contributed by atoms with Crippen molar-refractivity contribution in [3.8, 4) is 33.8 Å². The van der Waals surface area contributed by atoms with Crippen molar-refractivity contribution in [3.05, 3.63) is 230 Å². The van der Waals surface area contributed by atoms with Gasteiger partial charge in [0.05, 0.1) is 96.6 Å². The number of pyridine rings is 2. The number of halogens is 9. The number of hydrogen-bond donors (Lipinski definition) is 0. The van der Waals surface area contributed by atoms with Gasteiger partial charge in [-0.15, -0.1) is 0 Å². The minimum absolute atomic E-state index is 0.0746. The first-order chi connectivity index (χ1) is 49.7. The van der Waals surface area contributed by atoms with Crippen molar-refractivity contribution in [2.75, 3.05) is 0 Å². The van der Waals surface area contributed by atoms with Crippen molar-refractivity contribution < 1.29 is 53.9 Å². The van der Waals surface area contributed by atoms with E-state index in [-0.39, 0.29) is 70.7 Å². The fraction of sp³-hybridized carbons (Fsp3) is 0.289. The van der Waals surface area contributed by atoms with Gasteiger partial charge in [-0.3, -0.25) is 53.3 Å². The van der Waals surface area contributed by atoms with Crippen LogP contribution >= 0.6 is 0 Å². The number of fused-ring (bicyclic) bond motifs is 15. The summed E-state index contributed by atoms with van der Waals surface area (Å²) in [6.07, 6.45) is 17.1. The van der Waals surface area contributed by atoms with Crippen LogP contribution in [0.25, 0.3) is 66.9 Å². The summed E-state index contributed by atoms with van der Waals surface area (Å²) in [5, 5.41) is 14.0. The predicted molar refractivity (Wildman–Crippen MR) is 360 cm³/mol. The first-order valence-corrected chi connectivity index (χ1v) is 33.9. The summed E-state index contributed by atoms with van der Waals surface area (Å²) >= 11 is 0. The van der Waals surface area contributed by atoms with Gasteiger partial charge in [0.15, 0.2) is 52.4 Å². The molecule has 0 spiro atoms. The quantitative estimate of drug-likeness (QED) is 0.113. The number of aromatic nitrogens is 12. The summed E-state index contributed by atoms with van der Waals surface area (Å²) in [5.74, 6) is -12.2. The van der Waals surface area contributed by atoms with Gasteiger partial charge in [0.25, 0.3) is 17.7 Å². The van der Waals surface area contributed by atoms with E-state index in [0.717, 1.165) is 139 Å². The zero-order valence-electron chi connectivity index (χ0n) is 55.8. The van der Waals surface area contributed by atoms with Crippen LogP contribution < -0.4 is 0 Å². The van der Waals surface area contributed by atoms with E-state index in [9.17, 15) is 53.9 Å². The maximum absolute atomic E-state index is 14.0. The van der Waals surface area contributed by atoms with Crippen molar-refractivity contribution in [1.29, 1.82) is 0 Å². The Kier molecular flexibility index (Phi) is 16.7. The molecule has 0 radical (unpaired) electrons. The highest BCUT2D eigenvalue weighted by atomic mass is 19.2. The molecule has 6 aliphatic rings. The molecule has 27 heteroatoms. The minimum atomic E-state index is -1.49. The van der Waals surface area contributed by atoms with Crippen molar-refractivity contribution in [2.24, 2.45) is 21.1 Å². The summed E-state index contributed by atoms with van der Waals surface area (Å²) in [7, 11) is 5.10. The summed E-state index contributed by atoms with van der Waals surface area (Å²) in [4.78, 5) is 72.8. The predicted octanol–water partition coefficient (Wildman–Crippen LogP) is 14.5. The van der Waals surface area contributed by atoms with Gasteiger partial charge in [0.2, 0.25) is 0 Å². The van der Waals surface area contributed by atoms with Crippen molar-refractivity contribution in [2.45, 2.75) is 120 Å². The highest BCUT2D eigenvalue weighted by Crippen LogP contribution is 2.49. The fourth-order valence-electron chi connectivity index (χ4n) is 16.5. The molecule has 3 amide bonds. The van der Waals surface area contributed by atoms with Crippen LogP contribution in [0.15, 0.2) is 122 Å². The number of benzene rings is 5. The number of carbonyl (C=O) groups is 3. The Morgan fingerprint density at radius 2 is 0.718 bits per heavy atom. The summed E-state index contributed by atoms with van der Waals surface area (Å²) in [5.41, 5.74) is 13.6. The summed E-state index contributed by atoms with van der Waals surface area (Å²) in [6, 6.07) is 21.0. The molecule has 13 heterocycles. The number of nitrogens with zero attached hydrogens (tertiary/aromatic N) is 15. The van der Waals surface area contributed by atoms with Crippen molar-refractivity contribution in [3.63, 3.8) is 0 Å². The molecular formula is C76H62F9N15O3. The van der Waals surface area contributed by atoms with Gasteiger partial charge in [0, 0.05) is 115 Å². The van der Waals surface area contributed by atoms with E-state index in [2.05, 4.69) is 45.2 Å². The molecule has 18 rings (SSSR count). The van der Waals surface area contributed by atoms with Crippen LogP contribution in [0.4, 0.5) is 39.5 Å². The smallest absolute Gasteiger partial charge is 0.256 e. The van der Waals surface area contributed by atoms with Crippen LogP contribution in [0.1, 0.15) is 146 Å². The van der Waals surface area contributed by atoms with Crippen molar-refractivity contribution in [1.82, 2.24) is 73.9 Å². The van der Waals surface area contributed by atoms with E-state index >= 15 is 0 Å². The first kappa shape index (κ1) is 66.3. The van der Waals surface area contributed by atoms with Gasteiger partial charge in [-0.05, 0) is 175 Å². The molecule has 7 aromatic heterocycles. The molecule has 12 aromatic rings. The van der Waals surface area contributed by atoms with Gasteiger partial charge in [0.1, 0.15) is 0 Å².